The van der Waals surface area contributed by atoms with E-state index in [9.17, 15) is 4.79 Å². The van der Waals surface area contributed by atoms with E-state index in [0.29, 0.717) is 11.5 Å². The van der Waals surface area contributed by atoms with Gasteiger partial charge in [-0.15, -0.1) is 0 Å². The van der Waals surface area contributed by atoms with Crippen LogP contribution in [0.25, 0.3) is 5.65 Å². The average Bonchev–Trinajstić information content (AvgIpc) is 2.59. The van der Waals surface area contributed by atoms with Crippen LogP contribution in [-0.2, 0) is 0 Å². The van der Waals surface area contributed by atoms with E-state index in [4.69, 9.17) is 16.7 Å². The van der Waals surface area contributed by atoms with Crippen molar-refractivity contribution in [3.05, 3.63) is 23.2 Å². The van der Waals surface area contributed by atoms with Crippen LogP contribution in [0, 0.1) is 0 Å². The first kappa shape index (κ1) is 9.72. The second kappa shape index (κ2) is 3.39. The Morgan fingerprint density at radius 1 is 1.67 bits per heavy atom. The standard InChI is InChI=1S/C8H7ClN4O2/c1-10-6-7-11-2-4(8(14)15)13(7)3-5(9)12-6/h2-3H,1H3,(H,10,12)(H,14,15). The number of hydrogen-bond donors (Lipinski definition) is 2. The molecule has 2 aromatic rings. The Kier molecular flexibility index (Phi) is 2.20. The summed E-state index contributed by atoms with van der Waals surface area (Å²) in [4.78, 5) is 18.8. The van der Waals surface area contributed by atoms with E-state index in [1.807, 2.05) is 0 Å². The summed E-state index contributed by atoms with van der Waals surface area (Å²) in [5, 5.41) is 11.9. The fraction of sp³-hybridized carbons (Fsp3) is 0.125. The Labute approximate surface area is 89.5 Å². The van der Waals surface area contributed by atoms with Crippen molar-refractivity contribution >= 4 is 29.0 Å². The van der Waals surface area contributed by atoms with Gasteiger partial charge in [0.2, 0.25) is 0 Å². The van der Waals surface area contributed by atoms with Gasteiger partial charge in [0, 0.05) is 13.2 Å². The molecule has 78 valence electrons. The summed E-state index contributed by atoms with van der Waals surface area (Å²) in [5.41, 5.74) is 0.477. The van der Waals surface area contributed by atoms with Crippen molar-refractivity contribution in [2.24, 2.45) is 0 Å². The first-order valence-electron chi connectivity index (χ1n) is 4.08. The molecule has 7 heteroatoms. The number of aromatic carboxylic acids is 1. The molecule has 0 atom stereocenters. The van der Waals surface area contributed by atoms with Gasteiger partial charge in [-0.2, -0.15) is 0 Å². The summed E-state index contributed by atoms with van der Waals surface area (Å²) in [6, 6.07) is 0. The third-order valence-electron chi connectivity index (χ3n) is 1.92. The van der Waals surface area contributed by atoms with Gasteiger partial charge in [0.05, 0.1) is 6.20 Å². The molecule has 0 fully saturated rings. The lowest BCUT2D eigenvalue weighted by Crippen LogP contribution is -2.04. The maximum Gasteiger partial charge on any atom is 0.354 e. The minimum Gasteiger partial charge on any atom is -0.477 e. The van der Waals surface area contributed by atoms with E-state index >= 15 is 0 Å². The summed E-state index contributed by atoms with van der Waals surface area (Å²) in [6.07, 6.45) is 2.67. The van der Waals surface area contributed by atoms with Crippen LogP contribution in [0.2, 0.25) is 5.15 Å². The number of fused-ring (bicyclic) bond motifs is 1. The van der Waals surface area contributed by atoms with Gasteiger partial charge in [-0.25, -0.2) is 14.8 Å². The second-order valence-corrected chi connectivity index (χ2v) is 3.19. The van der Waals surface area contributed by atoms with Crippen LogP contribution in [0.1, 0.15) is 10.5 Å². The number of aromatic nitrogens is 3. The predicted molar refractivity (Wildman–Crippen MR) is 54.5 cm³/mol. The van der Waals surface area contributed by atoms with Gasteiger partial charge in [-0.3, -0.25) is 4.40 Å². The SMILES string of the molecule is CNc1nc(Cl)cn2c(C(=O)O)cnc12. The first-order valence-corrected chi connectivity index (χ1v) is 4.46. The molecule has 0 aliphatic carbocycles. The van der Waals surface area contributed by atoms with E-state index in [2.05, 4.69) is 15.3 Å². The predicted octanol–water partition coefficient (Wildman–Crippen LogP) is 1.12. The van der Waals surface area contributed by atoms with Gasteiger partial charge in [-0.05, 0) is 0 Å². The molecule has 15 heavy (non-hydrogen) atoms. The molecule has 0 unspecified atom stereocenters. The van der Waals surface area contributed by atoms with Crippen LogP contribution < -0.4 is 5.32 Å². The molecule has 6 nitrogen and oxygen atoms in total. The molecule has 2 aromatic heterocycles. The summed E-state index contributed by atoms with van der Waals surface area (Å²) < 4.78 is 1.38. The van der Waals surface area contributed by atoms with Crippen LogP contribution in [0.15, 0.2) is 12.4 Å². The Hall–Kier alpha value is -1.82. The highest BCUT2D eigenvalue weighted by Crippen LogP contribution is 2.18. The van der Waals surface area contributed by atoms with Crippen LogP contribution in [0.3, 0.4) is 0 Å². The van der Waals surface area contributed by atoms with E-state index in [-0.39, 0.29) is 10.8 Å². The summed E-state index contributed by atoms with van der Waals surface area (Å²) in [7, 11) is 1.66. The molecule has 0 saturated carbocycles. The number of carboxylic acids is 1. The number of imidazole rings is 1. The van der Waals surface area contributed by atoms with Crippen molar-refractivity contribution in [2.75, 3.05) is 12.4 Å². The number of carbonyl (C=O) groups is 1. The van der Waals surface area contributed by atoms with E-state index in [1.54, 1.807) is 7.05 Å². The van der Waals surface area contributed by atoms with Crippen molar-refractivity contribution in [3.63, 3.8) is 0 Å². The Morgan fingerprint density at radius 3 is 3.00 bits per heavy atom. The third-order valence-corrected chi connectivity index (χ3v) is 2.10. The normalized spacial score (nSPS) is 10.5. The minimum atomic E-state index is -1.06. The smallest absolute Gasteiger partial charge is 0.354 e. The highest BCUT2D eigenvalue weighted by Gasteiger charge is 2.14. The topological polar surface area (TPSA) is 79.5 Å². The molecule has 0 bridgehead atoms. The molecule has 2 rings (SSSR count). The van der Waals surface area contributed by atoms with Crippen molar-refractivity contribution < 1.29 is 9.90 Å². The van der Waals surface area contributed by atoms with Gasteiger partial charge in [-0.1, -0.05) is 11.6 Å². The van der Waals surface area contributed by atoms with Crippen molar-refractivity contribution in [1.29, 1.82) is 0 Å². The first-order chi connectivity index (χ1) is 7.13. The Balaban J connectivity index is 2.80. The lowest BCUT2D eigenvalue weighted by Gasteiger charge is -2.03. The van der Waals surface area contributed by atoms with Gasteiger partial charge in [0.25, 0.3) is 0 Å². The van der Waals surface area contributed by atoms with Crippen LogP contribution in [0.5, 0.6) is 0 Å². The molecule has 0 saturated heterocycles. The highest BCUT2D eigenvalue weighted by atomic mass is 35.5. The molecular formula is C8H7ClN4O2. The molecule has 0 spiro atoms. The maximum atomic E-state index is 10.8. The van der Waals surface area contributed by atoms with Crippen molar-refractivity contribution in [3.8, 4) is 0 Å². The molecule has 2 N–H and O–H groups in total. The molecule has 0 aromatic carbocycles. The Morgan fingerprint density at radius 2 is 2.40 bits per heavy atom. The zero-order valence-corrected chi connectivity index (χ0v) is 8.49. The number of halogens is 1. The van der Waals surface area contributed by atoms with Crippen molar-refractivity contribution in [1.82, 2.24) is 14.4 Å². The summed E-state index contributed by atoms with van der Waals surface area (Å²) in [5.74, 6) is -0.623. The van der Waals surface area contributed by atoms with E-state index < -0.39 is 5.97 Å². The molecule has 0 radical (unpaired) electrons. The van der Waals surface area contributed by atoms with Gasteiger partial charge >= 0.3 is 5.97 Å². The molecule has 2 heterocycles. The van der Waals surface area contributed by atoms with Gasteiger partial charge < -0.3 is 10.4 Å². The molecule has 0 aliphatic rings. The highest BCUT2D eigenvalue weighted by molar-refractivity contribution is 6.29. The number of nitrogens with zero attached hydrogens (tertiary/aromatic N) is 3. The zero-order chi connectivity index (χ0) is 11.0. The lowest BCUT2D eigenvalue weighted by molar-refractivity contribution is 0.0689. The number of anilines is 1. The number of rotatable bonds is 2. The van der Waals surface area contributed by atoms with Gasteiger partial charge in [0.15, 0.2) is 17.2 Å². The molecule has 0 aliphatic heterocycles. The fourth-order valence-corrected chi connectivity index (χ4v) is 1.47. The zero-order valence-electron chi connectivity index (χ0n) is 7.73. The van der Waals surface area contributed by atoms with E-state index in [1.165, 1.54) is 16.8 Å². The summed E-state index contributed by atoms with van der Waals surface area (Å²) in [6.45, 7) is 0. The quantitative estimate of drug-likeness (QED) is 0.802. The minimum absolute atomic E-state index is 0.0470. The van der Waals surface area contributed by atoms with Gasteiger partial charge in [0.1, 0.15) is 5.15 Å². The van der Waals surface area contributed by atoms with Crippen LogP contribution in [-0.4, -0.2) is 32.5 Å². The summed E-state index contributed by atoms with van der Waals surface area (Å²) >= 11 is 5.74. The molecular weight excluding hydrogens is 220 g/mol. The fourth-order valence-electron chi connectivity index (χ4n) is 1.28. The average molecular weight is 227 g/mol. The largest absolute Gasteiger partial charge is 0.477 e. The van der Waals surface area contributed by atoms with Crippen LogP contribution in [0.4, 0.5) is 5.82 Å². The second-order valence-electron chi connectivity index (χ2n) is 2.80. The van der Waals surface area contributed by atoms with Crippen molar-refractivity contribution in [2.45, 2.75) is 0 Å². The van der Waals surface area contributed by atoms with E-state index in [0.717, 1.165) is 0 Å². The monoisotopic (exact) mass is 226 g/mol. The number of hydrogen-bond acceptors (Lipinski definition) is 4. The third kappa shape index (κ3) is 1.48. The lowest BCUT2D eigenvalue weighted by atomic mass is 10.5. The molecule has 0 amide bonds. The Bertz CT molecular complexity index is 537. The number of nitrogens with one attached hydrogen (secondary N) is 1. The maximum absolute atomic E-state index is 10.8. The number of carboxylic acid groups (broad SMARTS) is 1. The van der Waals surface area contributed by atoms with Crippen LogP contribution >= 0.6 is 11.6 Å².